The van der Waals surface area contributed by atoms with Crippen LogP contribution in [0.1, 0.15) is 26.2 Å². The fourth-order valence-electron chi connectivity index (χ4n) is 1.73. The van der Waals surface area contributed by atoms with Crippen LogP contribution in [0.4, 0.5) is 5.13 Å². The van der Waals surface area contributed by atoms with E-state index in [2.05, 4.69) is 17.2 Å². The molecule has 0 aromatic carbocycles. The highest BCUT2D eigenvalue weighted by Gasteiger charge is 2.36. The Kier molecular flexibility index (Phi) is 3.18. The van der Waals surface area contributed by atoms with Crippen LogP contribution in [0, 0.1) is 5.92 Å². The van der Waals surface area contributed by atoms with Crippen LogP contribution in [0.3, 0.4) is 0 Å². The number of rotatable bonds is 5. The van der Waals surface area contributed by atoms with Crippen molar-refractivity contribution < 1.29 is 8.42 Å². The van der Waals surface area contributed by atoms with E-state index in [9.17, 15) is 8.42 Å². The molecule has 1 aromatic heterocycles. The van der Waals surface area contributed by atoms with Crippen molar-refractivity contribution >= 4 is 26.5 Å². The minimum atomic E-state index is -3.61. The first kappa shape index (κ1) is 11.8. The molecule has 0 radical (unpaired) electrons. The molecular weight excluding hydrogens is 246 g/mol. The SMILES string of the molecule is CCCC1CC1Nc1ncc(S(N)(=O)=O)s1. The standard InChI is InChI=1S/C9H15N3O2S2/c1-2-3-6-4-7(6)12-9-11-5-8(15-9)16(10,13)14/h5-7H,2-4H2,1H3,(H,11,12)(H2,10,13,14). The summed E-state index contributed by atoms with van der Waals surface area (Å²) in [7, 11) is -3.61. The zero-order chi connectivity index (χ0) is 11.8. The number of aromatic nitrogens is 1. The van der Waals surface area contributed by atoms with Gasteiger partial charge in [-0.15, -0.1) is 0 Å². The molecule has 16 heavy (non-hydrogen) atoms. The predicted octanol–water partition coefficient (Wildman–Crippen LogP) is 1.39. The number of primary sulfonamides is 1. The lowest BCUT2D eigenvalue weighted by atomic mass is 10.2. The maximum atomic E-state index is 11.0. The predicted molar refractivity (Wildman–Crippen MR) is 63.9 cm³/mol. The highest BCUT2D eigenvalue weighted by Crippen LogP contribution is 2.38. The summed E-state index contributed by atoms with van der Waals surface area (Å²) in [5, 5.41) is 8.88. The first-order valence-corrected chi connectivity index (χ1v) is 7.62. The Morgan fingerprint density at radius 3 is 3.00 bits per heavy atom. The molecule has 1 aliphatic carbocycles. The number of anilines is 1. The van der Waals surface area contributed by atoms with Crippen LogP contribution >= 0.6 is 11.3 Å². The van der Waals surface area contributed by atoms with Gasteiger partial charge in [0.05, 0.1) is 6.20 Å². The van der Waals surface area contributed by atoms with E-state index in [1.54, 1.807) is 0 Å². The van der Waals surface area contributed by atoms with Gasteiger partial charge >= 0.3 is 0 Å². The minimum absolute atomic E-state index is 0.114. The maximum absolute atomic E-state index is 11.0. The molecule has 2 unspecified atom stereocenters. The summed E-state index contributed by atoms with van der Waals surface area (Å²) in [5.74, 6) is 0.715. The van der Waals surface area contributed by atoms with Gasteiger partial charge < -0.3 is 5.32 Å². The molecule has 1 aliphatic rings. The lowest BCUT2D eigenvalue weighted by Crippen LogP contribution is -2.10. The van der Waals surface area contributed by atoms with Gasteiger partial charge in [0.2, 0.25) is 10.0 Å². The molecule has 2 atom stereocenters. The van der Waals surface area contributed by atoms with Crippen molar-refractivity contribution in [3.8, 4) is 0 Å². The minimum Gasteiger partial charge on any atom is -0.358 e. The lowest BCUT2D eigenvalue weighted by Gasteiger charge is -1.99. The van der Waals surface area contributed by atoms with Gasteiger partial charge in [0.15, 0.2) is 9.34 Å². The highest BCUT2D eigenvalue weighted by molar-refractivity contribution is 7.91. The van der Waals surface area contributed by atoms with Crippen molar-refractivity contribution in [2.75, 3.05) is 5.32 Å². The number of sulfonamides is 1. The highest BCUT2D eigenvalue weighted by atomic mass is 32.2. The Morgan fingerprint density at radius 1 is 1.69 bits per heavy atom. The summed E-state index contributed by atoms with van der Waals surface area (Å²) >= 11 is 1.09. The zero-order valence-corrected chi connectivity index (χ0v) is 10.6. The van der Waals surface area contributed by atoms with E-state index in [1.165, 1.54) is 19.0 Å². The third-order valence-electron chi connectivity index (χ3n) is 2.66. The second-order valence-corrected chi connectivity index (χ2v) is 6.88. The van der Waals surface area contributed by atoms with Gasteiger partial charge in [-0.25, -0.2) is 18.5 Å². The molecule has 90 valence electrons. The van der Waals surface area contributed by atoms with Crippen molar-refractivity contribution in [1.82, 2.24) is 4.98 Å². The Balaban J connectivity index is 1.95. The van der Waals surface area contributed by atoms with Gasteiger partial charge in [0.1, 0.15) is 0 Å². The van der Waals surface area contributed by atoms with Gasteiger partial charge in [-0.05, 0) is 18.8 Å². The van der Waals surface area contributed by atoms with Crippen LogP contribution in [0.15, 0.2) is 10.4 Å². The Hall–Kier alpha value is -0.660. The summed E-state index contributed by atoms with van der Waals surface area (Å²) in [6.07, 6.45) is 4.85. The fraction of sp³-hybridized carbons (Fsp3) is 0.667. The van der Waals surface area contributed by atoms with E-state index < -0.39 is 10.0 Å². The average molecular weight is 261 g/mol. The topological polar surface area (TPSA) is 85.1 Å². The average Bonchev–Trinajstić information content (AvgIpc) is 2.73. The zero-order valence-electron chi connectivity index (χ0n) is 9.01. The molecule has 1 aromatic rings. The number of thiazole rings is 1. The van der Waals surface area contributed by atoms with Crippen LogP contribution in [-0.4, -0.2) is 19.4 Å². The third-order valence-corrected chi connectivity index (χ3v) is 4.99. The van der Waals surface area contributed by atoms with Gasteiger partial charge in [0, 0.05) is 6.04 Å². The van der Waals surface area contributed by atoms with E-state index in [0.717, 1.165) is 17.8 Å². The normalized spacial score (nSPS) is 24.4. The monoisotopic (exact) mass is 261 g/mol. The number of hydrogen-bond donors (Lipinski definition) is 2. The Bertz CT molecular complexity index is 469. The van der Waals surface area contributed by atoms with Crippen LogP contribution in [0.25, 0.3) is 0 Å². The molecule has 0 spiro atoms. The van der Waals surface area contributed by atoms with Crippen LogP contribution in [0.2, 0.25) is 0 Å². The second-order valence-electron chi connectivity index (χ2n) is 4.06. The van der Waals surface area contributed by atoms with Crippen molar-refractivity contribution in [1.29, 1.82) is 0 Å². The van der Waals surface area contributed by atoms with Gasteiger partial charge in [0.25, 0.3) is 0 Å². The van der Waals surface area contributed by atoms with Crippen molar-refractivity contribution in [2.45, 2.75) is 36.4 Å². The summed E-state index contributed by atoms with van der Waals surface area (Å²) in [4.78, 5) is 4.01. The number of nitrogens with two attached hydrogens (primary N) is 1. The fourth-order valence-corrected chi connectivity index (χ4v) is 3.24. The molecule has 5 nitrogen and oxygen atoms in total. The first-order chi connectivity index (χ1) is 7.50. The lowest BCUT2D eigenvalue weighted by molar-refractivity contribution is 0.599. The number of nitrogens with zero attached hydrogens (tertiary/aromatic N) is 1. The maximum Gasteiger partial charge on any atom is 0.249 e. The molecule has 1 fully saturated rings. The van der Waals surface area contributed by atoms with Crippen LogP contribution in [0.5, 0.6) is 0 Å². The summed E-state index contributed by atoms with van der Waals surface area (Å²) in [6, 6.07) is 0.458. The van der Waals surface area contributed by atoms with Crippen LogP contribution < -0.4 is 10.5 Å². The van der Waals surface area contributed by atoms with E-state index in [0.29, 0.717) is 17.1 Å². The molecule has 7 heteroatoms. The third kappa shape index (κ3) is 2.72. The number of nitrogens with one attached hydrogen (secondary N) is 1. The Labute approximate surface area is 99.1 Å². The van der Waals surface area contributed by atoms with Gasteiger partial charge in [-0.3, -0.25) is 0 Å². The van der Waals surface area contributed by atoms with E-state index in [4.69, 9.17) is 5.14 Å². The summed E-state index contributed by atoms with van der Waals surface area (Å²) < 4.78 is 22.2. The smallest absolute Gasteiger partial charge is 0.249 e. The van der Waals surface area contributed by atoms with E-state index in [1.807, 2.05) is 0 Å². The second kappa shape index (κ2) is 4.31. The molecule has 3 N–H and O–H groups in total. The first-order valence-electron chi connectivity index (χ1n) is 5.26. The Morgan fingerprint density at radius 2 is 2.44 bits per heavy atom. The summed E-state index contributed by atoms with van der Waals surface area (Å²) in [6.45, 7) is 2.16. The molecule has 2 rings (SSSR count). The molecule has 1 saturated carbocycles. The van der Waals surface area contributed by atoms with Crippen molar-refractivity contribution in [3.63, 3.8) is 0 Å². The van der Waals surface area contributed by atoms with Gasteiger partial charge in [-0.2, -0.15) is 0 Å². The summed E-state index contributed by atoms with van der Waals surface area (Å²) in [5.41, 5.74) is 0. The van der Waals surface area contributed by atoms with Crippen molar-refractivity contribution in [3.05, 3.63) is 6.20 Å². The van der Waals surface area contributed by atoms with E-state index >= 15 is 0 Å². The molecule has 1 heterocycles. The molecular formula is C9H15N3O2S2. The molecule has 0 saturated heterocycles. The number of hydrogen-bond acceptors (Lipinski definition) is 5. The van der Waals surface area contributed by atoms with Crippen LogP contribution in [-0.2, 0) is 10.0 Å². The quantitative estimate of drug-likeness (QED) is 0.838. The molecule has 0 bridgehead atoms. The van der Waals surface area contributed by atoms with E-state index in [-0.39, 0.29) is 4.21 Å². The van der Waals surface area contributed by atoms with Gasteiger partial charge in [-0.1, -0.05) is 24.7 Å². The van der Waals surface area contributed by atoms with Crippen molar-refractivity contribution in [2.24, 2.45) is 11.1 Å². The molecule has 0 amide bonds. The largest absolute Gasteiger partial charge is 0.358 e. The molecule has 0 aliphatic heterocycles.